The number of carboxylic acids is 1. The van der Waals surface area contributed by atoms with Crippen LogP contribution in [0, 0.1) is 17.2 Å². The second-order valence-electron chi connectivity index (χ2n) is 6.84. The average molecular weight is 389 g/mol. The molecule has 0 spiro atoms. The molecule has 1 aromatic rings. The minimum atomic E-state index is -1.18. The molecule has 0 aliphatic carbocycles. The number of amides is 2. The van der Waals surface area contributed by atoms with Gasteiger partial charge in [0.1, 0.15) is 18.7 Å². The van der Waals surface area contributed by atoms with Crippen LogP contribution >= 0.6 is 0 Å². The van der Waals surface area contributed by atoms with Crippen molar-refractivity contribution < 1.29 is 24.2 Å². The second-order valence-corrected chi connectivity index (χ2v) is 6.84. The number of nitriles is 1. The summed E-state index contributed by atoms with van der Waals surface area (Å²) in [6, 6.07) is 9.03. The van der Waals surface area contributed by atoms with Crippen LogP contribution in [0.1, 0.15) is 45.1 Å². The van der Waals surface area contributed by atoms with Crippen LogP contribution in [0.3, 0.4) is 0 Å². The van der Waals surface area contributed by atoms with Crippen molar-refractivity contribution in [3.63, 3.8) is 0 Å². The van der Waals surface area contributed by atoms with Crippen LogP contribution in [0.25, 0.3) is 0 Å². The third-order valence-corrected chi connectivity index (χ3v) is 3.92. The van der Waals surface area contributed by atoms with Gasteiger partial charge in [0, 0.05) is 6.42 Å². The molecule has 8 nitrogen and oxygen atoms in total. The molecule has 0 aliphatic heterocycles. The zero-order chi connectivity index (χ0) is 20.9. The van der Waals surface area contributed by atoms with Gasteiger partial charge in [-0.05, 0) is 30.7 Å². The topological polar surface area (TPSA) is 129 Å². The minimum Gasteiger partial charge on any atom is -0.480 e. The molecule has 28 heavy (non-hydrogen) atoms. The average Bonchev–Trinajstić information content (AvgIpc) is 2.65. The maximum absolute atomic E-state index is 12.5. The van der Waals surface area contributed by atoms with E-state index in [1.165, 1.54) is 0 Å². The Kier molecular flexibility index (Phi) is 10.1. The summed E-state index contributed by atoms with van der Waals surface area (Å²) in [7, 11) is 0. The van der Waals surface area contributed by atoms with E-state index in [0.717, 1.165) is 5.56 Å². The number of benzene rings is 1. The Balaban J connectivity index is 2.66. The first-order valence-electron chi connectivity index (χ1n) is 9.20. The van der Waals surface area contributed by atoms with Crippen molar-refractivity contribution in [2.75, 3.05) is 0 Å². The number of carboxylic acid groups (broad SMARTS) is 1. The van der Waals surface area contributed by atoms with Gasteiger partial charge >= 0.3 is 12.1 Å². The SMILES string of the molecule is CC(C)C[C@H](NC(=O)OCc1ccccc1)C(=O)N[C@@H](CCCC#N)C(=O)O. The zero-order valence-electron chi connectivity index (χ0n) is 16.2. The van der Waals surface area contributed by atoms with Crippen molar-refractivity contribution in [1.29, 1.82) is 5.26 Å². The quantitative estimate of drug-likeness (QED) is 0.499. The molecule has 0 radical (unpaired) electrons. The smallest absolute Gasteiger partial charge is 0.408 e. The lowest BCUT2D eigenvalue weighted by Gasteiger charge is -2.22. The van der Waals surface area contributed by atoms with E-state index < -0.39 is 30.1 Å². The Morgan fingerprint density at radius 3 is 2.39 bits per heavy atom. The summed E-state index contributed by atoms with van der Waals surface area (Å²) in [5, 5.41) is 22.8. The Bertz CT molecular complexity index is 685. The van der Waals surface area contributed by atoms with Crippen LogP contribution in [0.2, 0.25) is 0 Å². The fourth-order valence-electron chi connectivity index (χ4n) is 2.52. The van der Waals surface area contributed by atoms with Gasteiger partial charge in [0.2, 0.25) is 5.91 Å². The molecule has 2 atom stereocenters. The van der Waals surface area contributed by atoms with Crippen LogP contribution in [-0.2, 0) is 20.9 Å². The normalized spacial score (nSPS) is 12.5. The molecule has 0 aromatic heterocycles. The van der Waals surface area contributed by atoms with E-state index in [1.54, 1.807) is 0 Å². The second kappa shape index (κ2) is 12.3. The van der Waals surface area contributed by atoms with E-state index in [2.05, 4.69) is 10.6 Å². The molecule has 3 N–H and O–H groups in total. The number of nitrogens with one attached hydrogen (secondary N) is 2. The largest absolute Gasteiger partial charge is 0.480 e. The highest BCUT2D eigenvalue weighted by atomic mass is 16.5. The Hall–Kier alpha value is -3.08. The minimum absolute atomic E-state index is 0.0641. The molecule has 0 bridgehead atoms. The van der Waals surface area contributed by atoms with Crippen LogP contribution in [0.4, 0.5) is 4.79 Å². The highest BCUT2D eigenvalue weighted by Gasteiger charge is 2.27. The van der Waals surface area contributed by atoms with E-state index in [0.29, 0.717) is 12.8 Å². The van der Waals surface area contributed by atoms with Gasteiger partial charge in [-0.2, -0.15) is 5.26 Å². The number of rotatable bonds is 11. The molecule has 0 aliphatic rings. The molecule has 0 saturated carbocycles. The van der Waals surface area contributed by atoms with Gasteiger partial charge in [-0.15, -0.1) is 0 Å². The standard InChI is InChI=1S/C20H27N3O5/c1-14(2)12-17(18(24)22-16(19(25)26)10-6-7-11-21)23-20(27)28-13-15-8-4-3-5-9-15/h3-5,8-9,14,16-17H,6-7,10,12-13H2,1-2H3,(H,22,24)(H,23,27)(H,25,26)/t16-,17-/m0/s1. The summed E-state index contributed by atoms with van der Waals surface area (Å²) in [4.78, 5) is 35.9. The number of ether oxygens (including phenoxy) is 1. The molecular formula is C20H27N3O5. The molecule has 0 heterocycles. The molecule has 152 valence electrons. The number of aliphatic carboxylic acids is 1. The lowest BCUT2D eigenvalue weighted by atomic mass is 10.0. The lowest BCUT2D eigenvalue weighted by molar-refractivity contribution is -0.142. The summed E-state index contributed by atoms with van der Waals surface area (Å²) in [5.74, 6) is -1.68. The van der Waals surface area contributed by atoms with E-state index in [4.69, 9.17) is 10.00 Å². The number of carbonyl (C=O) groups is 3. The molecule has 1 aromatic carbocycles. The predicted octanol–water partition coefficient (Wildman–Crippen LogP) is 2.59. The number of alkyl carbamates (subject to hydrolysis) is 1. The molecule has 2 amide bonds. The maximum Gasteiger partial charge on any atom is 0.408 e. The number of hydrogen-bond acceptors (Lipinski definition) is 5. The molecular weight excluding hydrogens is 362 g/mol. The summed E-state index contributed by atoms with van der Waals surface area (Å²) in [5.41, 5.74) is 0.811. The van der Waals surface area contributed by atoms with Crippen LogP contribution in [-0.4, -0.2) is 35.2 Å². The summed E-state index contributed by atoms with van der Waals surface area (Å²) < 4.78 is 5.14. The highest BCUT2D eigenvalue weighted by Crippen LogP contribution is 2.08. The van der Waals surface area contributed by atoms with E-state index in [1.807, 2.05) is 50.2 Å². The summed E-state index contributed by atoms with van der Waals surface area (Å²) >= 11 is 0. The van der Waals surface area contributed by atoms with Gasteiger partial charge in [0.25, 0.3) is 0 Å². The molecule has 0 saturated heterocycles. The van der Waals surface area contributed by atoms with Crippen LogP contribution in [0.15, 0.2) is 30.3 Å². The highest BCUT2D eigenvalue weighted by molar-refractivity contribution is 5.89. The van der Waals surface area contributed by atoms with Gasteiger partial charge in [-0.1, -0.05) is 44.2 Å². The Labute approximate surface area is 164 Å². The predicted molar refractivity (Wildman–Crippen MR) is 102 cm³/mol. The first-order chi connectivity index (χ1) is 13.3. The Morgan fingerprint density at radius 1 is 1.14 bits per heavy atom. The molecule has 0 fully saturated rings. The first-order valence-corrected chi connectivity index (χ1v) is 9.20. The van der Waals surface area contributed by atoms with Gasteiger partial charge in [-0.25, -0.2) is 9.59 Å². The summed E-state index contributed by atoms with van der Waals surface area (Å²) in [6.45, 7) is 3.84. The number of carbonyl (C=O) groups excluding carboxylic acids is 2. The van der Waals surface area contributed by atoms with Gasteiger partial charge in [0.15, 0.2) is 0 Å². The van der Waals surface area contributed by atoms with Crippen molar-refractivity contribution in [2.45, 2.75) is 58.2 Å². The fourth-order valence-corrected chi connectivity index (χ4v) is 2.52. The van der Waals surface area contributed by atoms with Crippen molar-refractivity contribution in [3.8, 4) is 6.07 Å². The third kappa shape index (κ3) is 9.03. The molecule has 1 rings (SSSR count). The van der Waals surface area contributed by atoms with Crippen LogP contribution in [0.5, 0.6) is 0 Å². The lowest BCUT2D eigenvalue weighted by Crippen LogP contribution is -2.52. The van der Waals surface area contributed by atoms with Crippen molar-refractivity contribution >= 4 is 18.0 Å². The van der Waals surface area contributed by atoms with Crippen LogP contribution < -0.4 is 10.6 Å². The molecule has 0 unspecified atom stereocenters. The number of hydrogen-bond donors (Lipinski definition) is 3. The zero-order valence-corrected chi connectivity index (χ0v) is 16.2. The Morgan fingerprint density at radius 2 is 1.82 bits per heavy atom. The number of unbranched alkanes of at least 4 members (excludes halogenated alkanes) is 1. The monoisotopic (exact) mass is 389 g/mol. The summed E-state index contributed by atoms with van der Waals surface area (Å²) in [6.07, 6.45) is 0.285. The first kappa shape index (κ1) is 23.0. The van der Waals surface area contributed by atoms with Crippen molar-refractivity contribution in [2.24, 2.45) is 5.92 Å². The molecule has 8 heteroatoms. The van der Waals surface area contributed by atoms with Gasteiger partial charge < -0.3 is 20.5 Å². The maximum atomic E-state index is 12.5. The van der Waals surface area contributed by atoms with Crippen molar-refractivity contribution in [3.05, 3.63) is 35.9 Å². The van der Waals surface area contributed by atoms with E-state index in [9.17, 15) is 19.5 Å². The van der Waals surface area contributed by atoms with Gasteiger partial charge in [0.05, 0.1) is 6.07 Å². The van der Waals surface area contributed by atoms with E-state index >= 15 is 0 Å². The third-order valence-electron chi connectivity index (χ3n) is 3.92. The van der Waals surface area contributed by atoms with Crippen molar-refractivity contribution in [1.82, 2.24) is 10.6 Å². The number of nitrogens with zero attached hydrogens (tertiary/aromatic N) is 1. The van der Waals surface area contributed by atoms with E-state index in [-0.39, 0.29) is 25.4 Å². The van der Waals surface area contributed by atoms with Gasteiger partial charge in [-0.3, -0.25) is 4.79 Å². The fraction of sp³-hybridized carbons (Fsp3) is 0.500.